The fraction of sp³-hybridized carbons (Fsp3) is 0.143. The minimum Gasteiger partial charge on any atom is -0.497 e. The van der Waals surface area contributed by atoms with Crippen LogP contribution in [0, 0.1) is 6.92 Å². The van der Waals surface area contributed by atoms with Crippen molar-refractivity contribution in [1.82, 2.24) is 5.16 Å². The summed E-state index contributed by atoms with van der Waals surface area (Å²) >= 11 is 0. The van der Waals surface area contributed by atoms with Gasteiger partial charge in [0.05, 0.1) is 12.0 Å². The molecule has 0 aliphatic carbocycles. The fourth-order valence-corrected chi connectivity index (χ4v) is 3.69. The molecule has 0 aliphatic rings. The van der Waals surface area contributed by atoms with Crippen molar-refractivity contribution in [3.05, 3.63) is 65.5 Å². The zero-order valence-corrected chi connectivity index (χ0v) is 17.5. The van der Waals surface area contributed by atoms with Gasteiger partial charge in [-0.05, 0) is 55.0 Å². The van der Waals surface area contributed by atoms with Crippen molar-refractivity contribution in [3.63, 3.8) is 0 Å². The van der Waals surface area contributed by atoms with Crippen molar-refractivity contribution in [2.24, 2.45) is 0 Å². The smallest absolute Gasteiger partial charge is 0.261 e. The molecule has 9 heteroatoms. The molecule has 0 atom stereocenters. The zero-order valence-electron chi connectivity index (χ0n) is 16.7. The van der Waals surface area contributed by atoms with E-state index in [2.05, 4.69) is 15.2 Å². The van der Waals surface area contributed by atoms with Gasteiger partial charge in [-0.2, -0.15) is 0 Å². The van der Waals surface area contributed by atoms with Crippen molar-refractivity contribution in [1.29, 1.82) is 0 Å². The SMILES string of the molecule is COc1ccc(NS(=O)(=O)c2ccc(C=Cc3onc(C)c3NC(C)=O)cc2)cc1. The van der Waals surface area contributed by atoms with E-state index in [0.717, 1.165) is 5.56 Å². The minimum atomic E-state index is -3.72. The molecule has 30 heavy (non-hydrogen) atoms. The molecule has 156 valence electrons. The third-order valence-electron chi connectivity index (χ3n) is 4.15. The lowest BCUT2D eigenvalue weighted by atomic mass is 10.2. The van der Waals surface area contributed by atoms with E-state index in [1.165, 1.54) is 19.1 Å². The summed E-state index contributed by atoms with van der Waals surface area (Å²) in [6.45, 7) is 3.13. The molecule has 2 aromatic carbocycles. The number of hydrogen-bond acceptors (Lipinski definition) is 6. The highest BCUT2D eigenvalue weighted by Gasteiger charge is 2.14. The van der Waals surface area contributed by atoms with Gasteiger partial charge in [0.25, 0.3) is 10.0 Å². The Morgan fingerprint density at radius 1 is 1.07 bits per heavy atom. The number of hydrogen-bond donors (Lipinski definition) is 2. The number of amides is 1. The number of aryl methyl sites for hydroxylation is 1. The van der Waals surface area contributed by atoms with Crippen molar-refractivity contribution < 1.29 is 22.5 Å². The number of benzene rings is 2. The number of sulfonamides is 1. The number of methoxy groups -OCH3 is 1. The minimum absolute atomic E-state index is 0.130. The number of carbonyl (C=O) groups excluding carboxylic acids is 1. The first-order valence-corrected chi connectivity index (χ1v) is 10.5. The molecule has 3 rings (SSSR count). The molecule has 0 aliphatic heterocycles. The summed E-state index contributed by atoms with van der Waals surface area (Å²) in [5.41, 5.74) is 2.25. The molecule has 0 fully saturated rings. The van der Waals surface area contributed by atoms with Crippen molar-refractivity contribution in [2.75, 3.05) is 17.1 Å². The van der Waals surface area contributed by atoms with Gasteiger partial charge in [-0.25, -0.2) is 8.42 Å². The predicted octanol–water partition coefficient (Wildman–Crippen LogP) is 3.92. The Labute approximate surface area is 174 Å². The van der Waals surface area contributed by atoms with E-state index in [9.17, 15) is 13.2 Å². The molecule has 0 radical (unpaired) electrons. The molecule has 1 amide bonds. The lowest BCUT2D eigenvalue weighted by Crippen LogP contribution is -2.12. The Bertz CT molecular complexity index is 1160. The molecule has 0 bridgehead atoms. The molecule has 8 nitrogen and oxygen atoms in total. The topological polar surface area (TPSA) is 111 Å². The van der Waals surface area contributed by atoms with Crippen LogP contribution in [0.3, 0.4) is 0 Å². The molecule has 0 saturated carbocycles. The van der Waals surface area contributed by atoms with Gasteiger partial charge in [0.15, 0.2) is 5.76 Å². The number of rotatable bonds is 7. The van der Waals surface area contributed by atoms with Gasteiger partial charge >= 0.3 is 0 Å². The van der Waals surface area contributed by atoms with E-state index in [1.807, 2.05) is 0 Å². The molecular weight excluding hydrogens is 406 g/mol. The Kier molecular flexibility index (Phi) is 6.22. The molecular formula is C21H21N3O5S. The Morgan fingerprint density at radius 3 is 2.33 bits per heavy atom. The second-order valence-corrected chi connectivity index (χ2v) is 8.11. The highest BCUT2D eigenvalue weighted by atomic mass is 32.2. The molecule has 1 aromatic heterocycles. The number of anilines is 2. The maximum atomic E-state index is 12.6. The highest BCUT2D eigenvalue weighted by molar-refractivity contribution is 7.92. The van der Waals surface area contributed by atoms with Gasteiger partial charge in [0.2, 0.25) is 5.91 Å². The summed E-state index contributed by atoms with van der Waals surface area (Å²) in [5.74, 6) is 0.813. The van der Waals surface area contributed by atoms with Crippen LogP contribution in [0.15, 0.2) is 57.9 Å². The first-order chi connectivity index (χ1) is 14.3. The zero-order chi connectivity index (χ0) is 21.7. The van der Waals surface area contributed by atoms with Gasteiger partial charge in [-0.15, -0.1) is 0 Å². The van der Waals surface area contributed by atoms with Gasteiger partial charge in [0, 0.05) is 12.6 Å². The van der Waals surface area contributed by atoms with E-state index in [4.69, 9.17) is 9.26 Å². The average molecular weight is 427 g/mol. The summed E-state index contributed by atoms with van der Waals surface area (Å²) < 4.78 is 37.9. The second-order valence-electron chi connectivity index (χ2n) is 6.42. The molecule has 3 aromatic rings. The van der Waals surface area contributed by atoms with Crippen LogP contribution in [0.25, 0.3) is 12.2 Å². The number of carbonyl (C=O) groups is 1. The highest BCUT2D eigenvalue weighted by Crippen LogP contribution is 2.23. The normalized spacial score (nSPS) is 11.4. The monoisotopic (exact) mass is 427 g/mol. The molecule has 2 N–H and O–H groups in total. The predicted molar refractivity (Wildman–Crippen MR) is 115 cm³/mol. The van der Waals surface area contributed by atoms with E-state index < -0.39 is 10.0 Å². The maximum Gasteiger partial charge on any atom is 0.261 e. The van der Waals surface area contributed by atoms with Gasteiger partial charge in [-0.1, -0.05) is 23.4 Å². The Hall–Kier alpha value is -3.59. The largest absolute Gasteiger partial charge is 0.497 e. The van der Waals surface area contributed by atoms with Crippen molar-refractivity contribution >= 4 is 39.5 Å². The van der Waals surface area contributed by atoms with Crippen LogP contribution < -0.4 is 14.8 Å². The van der Waals surface area contributed by atoms with E-state index in [1.54, 1.807) is 62.6 Å². The summed E-state index contributed by atoms with van der Waals surface area (Å²) in [6.07, 6.45) is 3.39. The molecule has 1 heterocycles. The quantitative estimate of drug-likeness (QED) is 0.591. The fourth-order valence-electron chi connectivity index (χ4n) is 2.63. The third-order valence-corrected chi connectivity index (χ3v) is 5.55. The van der Waals surface area contributed by atoms with Crippen LogP contribution in [-0.4, -0.2) is 26.6 Å². The number of nitrogens with one attached hydrogen (secondary N) is 2. The van der Waals surface area contributed by atoms with E-state index in [0.29, 0.717) is 28.6 Å². The van der Waals surface area contributed by atoms with Crippen molar-refractivity contribution in [3.8, 4) is 5.75 Å². The van der Waals surface area contributed by atoms with Gasteiger partial charge in [0.1, 0.15) is 17.1 Å². The Balaban J connectivity index is 1.74. The van der Waals surface area contributed by atoms with Crippen molar-refractivity contribution in [2.45, 2.75) is 18.7 Å². The van der Waals surface area contributed by atoms with Crippen LogP contribution >= 0.6 is 0 Å². The van der Waals surface area contributed by atoms with Crippen LogP contribution in [-0.2, 0) is 14.8 Å². The average Bonchev–Trinajstić information content (AvgIpc) is 3.06. The maximum absolute atomic E-state index is 12.6. The van der Waals surface area contributed by atoms with Crippen LogP contribution in [0.5, 0.6) is 5.75 Å². The number of ether oxygens (including phenoxy) is 1. The molecule has 0 saturated heterocycles. The third kappa shape index (κ3) is 5.06. The molecule has 0 spiro atoms. The van der Waals surface area contributed by atoms with Gasteiger partial charge < -0.3 is 14.6 Å². The summed E-state index contributed by atoms with van der Waals surface area (Å²) in [5, 5.41) is 6.52. The van der Waals surface area contributed by atoms with E-state index in [-0.39, 0.29) is 10.8 Å². The summed E-state index contributed by atoms with van der Waals surface area (Å²) in [6, 6.07) is 12.9. The van der Waals surface area contributed by atoms with Gasteiger partial charge in [-0.3, -0.25) is 9.52 Å². The summed E-state index contributed by atoms with van der Waals surface area (Å²) in [4.78, 5) is 11.4. The first-order valence-electron chi connectivity index (χ1n) is 8.97. The lowest BCUT2D eigenvalue weighted by molar-refractivity contribution is -0.114. The molecule has 0 unspecified atom stereocenters. The lowest BCUT2D eigenvalue weighted by Gasteiger charge is -2.09. The number of nitrogens with zero attached hydrogens (tertiary/aromatic N) is 1. The summed E-state index contributed by atoms with van der Waals surface area (Å²) in [7, 11) is -2.18. The van der Waals surface area contributed by atoms with E-state index >= 15 is 0 Å². The van der Waals surface area contributed by atoms with Crippen LogP contribution in [0.2, 0.25) is 0 Å². The van der Waals surface area contributed by atoms with Crippen LogP contribution in [0.4, 0.5) is 11.4 Å². The standard InChI is InChI=1S/C21H21N3O5S/c1-14-21(22-15(2)25)20(29-23-14)13-6-16-4-11-19(12-5-16)30(26,27)24-17-7-9-18(28-3)10-8-17/h4-13,24H,1-3H3,(H,22,25). The second kappa shape index (κ2) is 8.83. The number of aromatic nitrogens is 1. The Morgan fingerprint density at radius 2 is 1.73 bits per heavy atom. The first kappa shape index (κ1) is 21.1. The van der Waals surface area contributed by atoms with Crippen LogP contribution in [0.1, 0.15) is 23.9 Å².